The summed E-state index contributed by atoms with van der Waals surface area (Å²) >= 11 is 0. The second-order valence-electron chi connectivity index (χ2n) is 4.11. The van der Waals surface area contributed by atoms with Gasteiger partial charge in [0.1, 0.15) is 12.1 Å². The predicted octanol–water partition coefficient (Wildman–Crippen LogP) is -1.25. The van der Waals surface area contributed by atoms with Gasteiger partial charge in [-0.3, -0.25) is 0 Å². The molecule has 0 aliphatic carbocycles. The molecule has 0 aromatic heterocycles. The van der Waals surface area contributed by atoms with Gasteiger partial charge >= 0.3 is 0 Å². The van der Waals surface area contributed by atoms with Gasteiger partial charge in [0.15, 0.2) is 0 Å². The average Bonchev–Trinajstić information content (AvgIpc) is 1.82. The normalized spacial score (nSPS) is 16.4. The molecular weight excluding hydrogens is 170 g/mol. The lowest BCUT2D eigenvalue weighted by molar-refractivity contribution is -0.893. The summed E-state index contributed by atoms with van der Waals surface area (Å²) in [5, 5.41) is 20.0. The Balaban J connectivity index is 4.84. The van der Waals surface area contributed by atoms with Crippen molar-refractivity contribution >= 4 is 5.97 Å². The Hall–Kier alpha value is -0.870. The van der Waals surface area contributed by atoms with Gasteiger partial charge in [0.2, 0.25) is 0 Å². The van der Waals surface area contributed by atoms with Crippen LogP contribution >= 0.6 is 0 Å². The van der Waals surface area contributed by atoms with E-state index in [1.54, 1.807) is 28.1 Å². The summed E-state index contributed by atoms with van der Waals surface area (Å²) in [6, 6.07) is -0.537. The van der Waals surface area contributed by atoms with E-state index >= 15 is 0 Å². The molecule has 4 nitrogen and oxygen atoms in total. The van der Waals surface area contributed by atoms with E-state index < -0.39 is 18.1 Å². The number of carbonyl (C=O) groups excluding carboxylic acids is 1. The van der Waals surface area contributed by atoms with Crippen LogP contribution in [0.2, 0.25) is 0 Å². The molecule has 13 heavy (non-hydrogen) atoms. The van der Waals surface area contributed by atoms with E-state index in [1.807, 2.05) is 0 Å². The van der Waals surface area contributed by atoms with Gasteiger partial charge in [-0.05, 0) is 6.92 Å². The van der Waals surface area contributed by atoms with Gasteiger partial charge in [0.05, 0.1) is 27.1 Å². The number of carboxylic acids is 1. The Bertz CT molecular complexity index is 215. The van der Waals surface area contributed by atoms with Crippen molar-refractivity contribution in [2.75, 3.05) is 21.1 Å². The molecule has 2 unspecified atom stereocenters. The topological polar surface area (TPSA) is 60.4 Å². The minimum Gasteiger partial charge on any atom is -0.545 e. The van der Waals surface area contributed by atoms with Crippen LogP contribution < -0.4 is 5.11 Å². The van der Waals surface area contributed by atoms with Crippen LogP contribution in [0.4, 0.5) is 0 Å². The van der Waals surface area contributed by atoms with Gasteiger partial charge in [0.25, 0.3) is 0 Å². The van der Waals surface area contributed by atoms with Crippen molar-refractivity contribution in [3.8, 4) is 0 Å². The van der Waals surface area contributed by atoms with Crippen molar-refractivity contribution in [1.82, 2.24) is 0 Å². The van der Waals surface area contributed by atoms with Crippen molar-refractivity contribution in [3.63, 3.8) is 0 Å². The van der Waals surface area contributed by atoms with Crippen molar-refractivity contribution in [2.45, 2.75) is 19.1 Å². The Morgan fingerprint density at radius 3 is 1.92 bits per heavy atom. The molecular formula is C9H17NO3. The van der Waals surface area contributed by atoms with Crippen molar-refractivity contribution < 1.29 is 19.5 Å². The molecule has 0 radical (unpaired) electrons. The fourth-order valence-corrected chi connectivity index (χ4v) is 1.53. The Morgan fingerprint density at radius 2 is 1.85 bits per heavy atom. The molecule has 0 fully saturated rings. The maximum atomic E-state index is 10.6. The number of carboxylic acid groups (broad SMARTS) is 1. The lowest BCUT2D eigenvalue weighted by atomic mass is 10.0. The Morgan fingerprint density at radius 1 is 1.46 bits per heavy atom. The first kappa shape index (κ1) is 12.1. The van der Waals surface area contributed by atoms with E-state index in [0.717, 1.165) is 0 Å². The Kier molecular flexibility index (Phi) is 3.63. The van der Waals surface area contributed by atoms with E-state index in [2.05, 4.69) is 6.58 Å². The maximum Gasteiger partial charge on any atom is 0.141 e. The van der Waals surface area contributed by atoms with Crippen LogP contribution in [0, 0.1) is 0 Å². The van der Waals surface area contributed by atoms with E-state index in [0.29, 0.717) is 4.48 Å². The number of aliphatic hydroxyl groups excluding tert-OH is 1. The molecule has 0 heterocycles. The van der Waals surface area contributed by atoms with E-state index in [4.69, 9.17) is 0 Å². The largest absolute Gasteiger partial charge is 0.545 e. The minimum atomic E-state index is -1.31. The molecule has 0 saturated heterocycles. The zero-order chi connectivity index (χ0) is 10.8. The molecule has 0 aliphatic heterocycles. The highest BCUT2D eigenvalue weighted by Gasteiger charge is 2.31. The number of hydrogen-bond donors (Lipinski definition) is 1. The van der Waals surface area contributed by atoms with E-state index in [-0.39, 0.29) is 5.57 Å². The molecule has 0 amide bonds. The third-order valence-electron chi connectivity index (χ3n) is 1.91. The average molecular weight is 187 g/mol. The lowest BCUT2D eigenvalue weighted by Gasteiger charge is -2.37. The second kappa shape index (κ2) is 3.89. The number of nitrogens with zero attached hydrogens (tertiary/aromatic N) is 1. The SMILES string of the molecule is C=C(C(=O)[O-])C(C(C)O)[N+](C)(C)C. The van der Waals surface area contributed by atoms with E-state index in [1.165, 1.54) is 0 Å². The van der Waals surface area contributed by atoms with Crippen LogP contribution in [0.3, 0.4) is 0 Å². The van der Waals surface area contributed by atoms with Gasteiger partial charge in [0, 0.05) is 5.57 Å². The van der Waals surface area contributed by atoms with Gasteiger partial charge in [-0.1, -0.05) is 6.58 Å². The van der Waals surface area contributed by atoms with Crippen LogP contribution in [-0.4, -0.2) is 48.8 Å². The number of likely N-dealkylation sites (N-methyl/N-ethyl adjacent to an activating group) is 1. The number of rotatable bonds is 4. The van der Waals surface area contributed by atoms with Crippen LogP contribution in [0.1, 0.15) is 6.92 Å². The standard InChI is InChI=1S/C9H17NO3/c1-6(9(12)13)8(7(2)11)10(3,4)5/h7-8,11H,1H2,2-5H3. The van der Waals surface area contributed by atoms with Crippen molar-refractivity contribution in [3.05, 3.63) is 12.2 Å². The van der Waals surface area contributed by atoms with Crippen molar-refractivity contribution in [1.29, 1.82) is 0 Å². The molecule has 0 spiro atoms. The second-order valence-corrected chi connectivity index (χ2v) is 4.11. The summed E-state index contributed by atoms with van der Waals surface area (Å²) in [6.07, 6.45) is -0.759. The van der Waals surface area contributed by atoms with Crippen LogP contribution in [0.5, 0.6) is 0 Å². The molecule has 4 heteroatoms. The van der Waals surface area contributed by atoms with Gasteiger partial charge in [-0.25, -0.2) is 0 Å². The molecule has 76 valence electrons. The maximum absolute atomic E-state index is 10.6. The molecule has 0 rings (SSSR count). The molecule has 0 aromatic carbocycles. The summed E-state index contributed by atoms with van der Waals surface area (Å²) in [5.41, 5.74) is -0.0671. The summed E-state index contributed by atoms with van der Waals surface area (Å²) in [6.45, 7) is 4.95. The van der Waals surface area contributed by atoms with E-state index in [9.17, 15) is 15.0 Å². The first-order chi connectivity index (χ1) is 5.68. The molecule has 0 aliphatic rings. The summed E-state index contributed by atoms with van der Waals surface area (Å²) in [7, 11) is 5.39. The van der Waals surface area contributed by atoms with Crippen LogP contribution in [-0.2, 0) is 4.79 Å². The first-order valence-corrected chi connectivity index (χ1v) is 4.07. The molecule has 1 N–H and O–H groups in total. The monoisotopic (exact) mass is 187 g/mol. The number of aliphatic carboxylic acids is 1. The predicted molar refractivity (Wildman–Crippen MR) is 47.6 cm³/mol. The van der Waals surface area contributed by atoms with Crippen LogP contribution in [0.15, 0.2) is 12.2 Å². The van der Waals surface area contributed by atoms with Crippen LogP contribution in [0.25, 0.3) is 0 Å². The fourth-order valence-electron chi connectivity index (χ4n) is 1.53. The van der Waals surface area contributed by atoms with Gasteiger partial charge < -0.3 is 19.5 Å². The molecule has 0 saturated carbocycles. The summed E-state index contributed by atoms with van der Waals surface area (Å²) in [4.78, 5) is 10.6. The quantitative estimate of drug-likeness (QED) is 0.442. The smallest absolute Gasteiger partial charge is 0.141 e. The zero-order valence-corrected chi connectivity index (χ0v) is 8.57. The molecule has 0 aromatic rings. The van der Waals surface area contributed by atoms with Gasteiger partial charge in [-0.15, -0.1) is 0 Å². The summed E-state index contributed by atoms with van der Waals surface area (Å²) < 4.78 is 0.310. The highest BCUT2D eigenvalue weighted by atomic mass is 16.4. The number of carbonyl (C=O) groups is 1. The van der Waals surface area contributed by atoms with Crippen molar-refractivity contribution in [2.24, 2.45) is 0 Å². The van der Waals surface area contributed by atoms with Gasteiger partial charge in [-0.2, -0.15) is 0 Å². The Labute approximate surface area is 78.7 Å². The zero-order valence-electron chi connectivity index (χ0n) is 8.57. The third-order valence-corrected chi connectivity index (χ3v) is 1.91. The molecule has 0 bridgehead atoms. The first-order valence-electron chi connectivity index (χ1n) is 4.07. The minimum absolute atomic E-state index is 0.0671. The molecule has 2 atom stereocenters. The number of quaternary nitrogens is 1. The summed E-state index contributed by atoms with van der Waals surface area (Å²) in [5.74, 6) is -1.31. The highest BCUT2D eigenvalue weighted by Crippen LogP contribution is 2.15. The number of aliphatic hydroxyl groups is 1. The lowest BCUT2D eigenvalue weighted by Crippen LogP contribution is -2.54. The highest BCUT2D eigenvalue weighted by molar-refractivity contribution is 5.85. The fraction of sp³-hybridized carbons (Fsp3) is 0.667. The third kappa shape index (κ3) is 3.16. The number of hydrogen-bond acceptors (Lipinski definition) is 3.